The lowest BCUT2D eigenvalue weighted by molar-refractivity contribution is 0.102. The Labute approximate surface area is 153 Å². The van der Waals surface area contributed by atoms with Crippen molar-refractivity contribution in [2.24, 2.45) is 14.1 Å². The maximum absolute atomic E-state index is 12.7. The van der Waals surface area contributed by atoms with Crippen LogP contribution in [0.4, 0.5) is 5.69 Å². The second-order valence-corrected chi connectivity index (χ2v) is 6.28. The van der Waals surface area contributed by atoms with Crippen LogP contribution in [0, 0.1) is 0 Å². The van der Waals surface area contributed by atoms with Crippen LogP contribution in [0.1, 0.15) is 10.4 Å². The van der Waals surface area contributed by atoms with Crippen LogP contribution < -0.4 is 16.6 Å². The zero-order chi connectivity index (χ0) is 19.1. The van der Waals surface area contributed by atoms with E-state index in [1.807, 2.05) is 30.3 Å². The van der Waals surface area contributed by atoms with Gasteiger partial charge in [-0.25, -0.2) is 9.78 Å². The predicted octanol–water partition coefficient (Wildman–Crippen LogP) is 2.04. The smallest absolute Gasteiger partial charge is 0.321 e. The summed E-state index contributed by atoms with van der Waals surface area (Å²) >= 11 is 0. The summed E-state index contributed by atoms with van der Waals surface area (Å²) in [6.45, 7) is 0. The van der Waals surface area contributed by atoms with E-state index in [0.717, 1.165) is 15.3 Å². The molecule has 0 aliphatic carbocycles. The number of amides is 1. The summed E-state index contributed by atoms with van der Waals surface area (Å²) in [5.41, 5.74) is 0.0297. The van der Waals surface area contributed by atoms with Gasteiger partial charge in [-0.15, -0.1) is 0 Å². The molecule has 0 unspecified atom stereocenters. The zero-order valence-electron chi connectivity index (χ0n) is 14.8. The van der Waals surface area contributed by atoms with Crippen LogP contribution in [0.2, 0.25) is 0 Å². The van der Waals surface area contributed by atoms with Crippen molar-refractivity contribution in [3.05, 3.63) is 81.1 Å². The number of aromatic nitrogens is 3. The van der Waals surface area contributed by atoms with Crippen molar-refractivity contribution in [3.8, 4) is 0 Å². The summed E-state index contributed by atoms with van der Waals surface area (Å²) in [6, 6.07) is 14.7. The van der Waals surface area contributed by atoms with Crippen molar-refractivity contribution in [1.82, 2.24) is 14.1 Å². The van der Waals surface area contributed by atoms with E-state index in [1.54, 1.807) is 18.2 Å². The van der Waals surface area contributed by atoms with Crippen molar-refractivity contribution < 1.29 is 4.79 Å². The Kier molecular flexibility index (Phi) is 3.84. The lowest BCUT2D eigenvalue weighted by Crippen LogP contribution is -2.37. The summed E-state index contributed by atoms with van der Waals surface area (Å²) in [6.07, 6.45) is 1.46. The molecule has 4 aromatic rings. The number of carbonyl (C=O) groups excluding carboxylic acids is 1. The Morgan fingerprint density at radius 2 is 1.70 bits per heavy atom. The average molecular weight is 360 g/mol. The van der Waals surface area contributed by atoms with Crippen LogP contribution in [-0.4, -0.2) is 20.0 Å². The molecular weight excluding hydrogens is 344 g/mol. The minimum Gasteiger partial charge on any atom is -0.321 e. The number of anilines is 1. The highest BCUT2D eigenvalue weighted by molar-refractivity contribution is 6.09. The number of rotatable bonds is 2. The van der Waals surface area contributed by atoms with Gasteiger partial charge in [0.1, 0.15) is 5.39 Å². The summed E-state index contributed by atoms with van der Waals surface area (Å²) in [7, 11) is 2.93. The Morgan fingerprint density at radius 3 is 2.48 bits per heavy atom. The summed E-state index contributed by atoms with van der Waals surface area (Å²) < 4.78 is 2.28. The number of benzene rings is 2. The molecule has 0 bridgehead atoms. The average Bonchev–Trinajstić information content (AvgIpc) is 2.70. The van der Waals surface area contributed by atoms with Gasteiger partial charge in [0.15, 0.2) is 5.65 Å². The first-order valence-corrected chi connectivity index (χ1v) is 8.32. The molecule has 27 heavy (non-hydrogen) atoms. The second kappa shape index (κ2) is 6.21. The van der Waals surface area contributed by atoms with Gasteiger partial charge in [0.05, 0.1) is 5.69 Å². The van der Waals surface area contributed by atoms with Gasteiger partial charge < -0.3 is 5.32 Å². The first-order chi connectivity index (χ1) is 13.0. The molecule has 0 spiro atoms. The Hall–Kier alpha value is -3.74. The van der Waals surface area contributed by atoms with Gasteiger partial charge in [-0.1, -0.05) is 30.3 Å². The SMILES string of the molecule is Cn1c(=O)c2c(NC(=O)c3ccc4ccccc4c3)ccnc2n(C)c1=O. The number of fused-ring (bicyclic) bond motifs is 2. The molecule has 1 N–H and O–H groups in total. The van der Waals surface area contributed by atoms with Gasteiger partial charge in [0.2, 0.25) is 0 Å². The number of aryl methyl sites for hydroxylation is 1. The summed E-state index contributed by atoms with van der Waals surface area (Å²) in [4.78, 5) is 41.5. The number of carbonyl (C=O) groups is 1. The highest BCUT2D eigenvalue weighted by Gasteiger charge is 2.15. The Balaban J connectivity index is 1.82. The highest BCUT2D eigenvalue weighted by atomic mass is 16.2. The van der Waals surface area contributed by atoms with Crippen LogP contribution in [0.15, 0.2) is 64.3 Å². The molecule has 0 fully saturated rings. The largest absolute Gasteiger partial charge is 0.332 e. The Bertz CT molecular complexity index is 1330. The van der Waals surface area contributed by atoms with Gasteiger partial charge in [-0.3, -0.25) is 18.7 Å². The van der Waals surface area contributed by atoms with Crippen LogP contribution in [0.25, 0.3) is 21.8 Å². The molecule has 0 saturated heterocycles. The van der Waals surface area contributed by atoms with E-state index < -0.39 is 11.2 Å². The van der Waals surface area contributed by atoms with E-state index in [-0.39, 0.29) is 16.9 Å². The third-order valence-corrected chi connectivity index (χ3v) is 4.60. The molecule has 134 valence electrons. The third-order valence-electron chi connectivity index (χ3n) is 4.60. The van der Waals surface area contributed by atoms with Crippen LogP contribution in [0.5, 0.6) is 0 Å². The van der Waals surface area contributed by atoms with Crippen LogP contribution >= 0.6 is 0 Å². The normalized spacial score (nSPS) is 11.0. The lowest BCUT2D eigenvalue weighted by Gasteiger charge is -2.11. The standard InChI is InChI=1S/C20H16N4O3/c1-23-17-16(19(26)24(2)20(23)27)15(9-10-21-17)22-18(25)14-8-7-12-5-3-4-6-13(12)11-14/h3-11H,1-2H3,(H,21,22,25). The number of hydrogen-bond donors (Lipinski definition) is 1. The van der Waals surface area contributed by atoms with E-state index in [1.165, 1.54) is 24.9 Å². The number of nitrogens with one attached hydrogen (secondary N) is 1. The minimum absolute atomic E-state index is 0.191. The predicted molar refractivity (Wildman–Crippen MR) is 104 cm³/mol. The van der Waals surface area contributed by atoms with Gasteiger partial charge in [0, 0.05) is 25.9 Å². The molecular formula is C20H16N4O3. The van der Waals surface area contributed by atoms with Crippen molar-refractivity contribution in [1.29, 1.82) is 0 Å². The maximum Gasteiger partial charge on any atom is 0.332 e. The first-order valence-electron chi connectivity index (χ1n) is 8.32. The molecule has 0 radical (unpaired) electrons. The fraction of sp³-hybridized carbons (Fsp3) is 0.100. The molecule has 0 aliphatic rings. The molecule has 0 aliphatic heterocycles. The number of nitrogens with zero attached hydrogens (tertiary/aromatic N) is 3. The monoisotopic (exact) mass is 360 g/mol. The van der Waals surface area contributed by atoms with E-state index in [2.05, 4.69) is 10.3 Å². The molecule has 7 nitrogen and oxygen atoms in total. The Morgan fingerprint density at radius 1 is 0.963 bits per heavy atom. The van der Waals surface area contributed by atoms with E-state index in [0.29, 0.717) is 11.3 Å². The maximum atomic E-state index is 12.7. The van der Waals surface area contributed by atoms with Crippen molar-refractivity contribution >= 4 is 33.4 Å². The molecule has 2 aromatic heterocycles. The van der Waals surface area contributed by atoms with Crippen molar-refractivity contribution in [2.75, 3.05) is 5.32 Å². The third kappa shape index (κ3) is 2.69. The molecule has 1 amide bonds. The molecule has 2 aromatic carbocycles. The van der Waals surface area contributed by atoms with E-state index in [9.17, 15) is 14.4 Å². The van der Waals surface area contributed by atoms with Gasteiger partial charge in [-0.05, 0) is 29.0 Å². The summed E-state index contributed by atoms with van der Waals surface area (Å²) in [5, 5.41) is 4.95. The highest BCUT2D eigenvalue weighted by Crippen LogP contribution is 2.20. The topological polar surface area (TPSA) is 86.0 Å². The van der Waals surface area contributed by atoms with E-state index in [4.69, 9.17) is 0 Å². The molecule has 0 saturated carbocycles. The quantitative estimate of drug-likeness (QED) is 0.593. The van der Waals surface area contributed by atoms with Gasteiger partial charge in [-0.2, -0.15) is 0 Å². The lowest BCUT2D eigenvalue weighted by atomic mass is 10.1. The second-order valence-electron chi connectivity index (χ2n) is 6.28. The van der Waals surface area contributed by atoms with Gasteiger partial charge in [0.25, 0.3) is 11.5 Å². The van der Waals surface area contributed by atoms with Crippen molar-refractivity contribution in [2.45, 2.75) is 0 Å². The fourth-order valence-corrected chi connectivity index (χ4v) is 3.12. The van der Waals surface area contributed by atoms with Crippen LogP contribution in [-0.2, 0) is 14.1 Å². The number of hydrogen-bond acceptors (Lipinski definition) is 4. The minimum atomic E-state index is -0.505. The molecule has 0 atom stereocenters. The first kappa shape index (κ1) is 16.7. The molecule has 4 rings (SSSR count). The van der Waals surface area contributed by atoms with Crippen LogP contribution in [0.3, 0.4) is 0 Å². The van der Waals surface area contributed by atoms with Gasteiger partial charge >= 0.3 is 5.69 Å². The summed E-state index contributed by atoms with van der Waals surface area (Å²) in [5.74, 6) is -0.343. The molecule has 7 heteroatoms. The zero-order valence-corrected chi connectivity index (χ0v) is 14.8. The number of pyridine rings is 1. The molecule has 2 heterocycles. The fourth-order valence-electron chi connectivity index (χ4n) is 3.12. The van der Waals surface area contributed by atoms with Crippen molar-refractivity contribution in [3.63, 3.8) is 0 Å². The van der Waals surface area contributed by atoms with E-state index >= 15 is 0 Å².